The fourth-order valence-electron chi connectivity index (χ4n) is 1.57. The van der Waals surface area contributed by atoms with Crippen LogP contribution in [0.2, 0.25) is 0 Å². The Bertz CT molecular complexity index is 334. The normalized spacial score (nSPS) is 15.9. The highest BCUT2D eigenvalue weighted by molar-refractivity contribution is 7.13. The zero-order chi connectivity index (χ0) is 9.97. The summed E-state index contributed by atoms with van der Waals surface area (Å²) in [6.07, 6.45) is 0. The van der Waals surface area contributed by atoms with E-state index < -0.39 is 0 Å². The third kappa shape index (κ3) is 2.93. The van der Waals surface area contributed by atoms with E-state index in [0.717, 1.165) is 31.1 Å². The molecule has 5 heteroatoms. The molecule has 1 saturated heterocycles. The van der Waals surface area contributed by atoms with E-state index in [9.17, 15) is 4.79 Å². The molecule has 1 fully saturated rings. The summed E-state index contributed by atoms with van der Waals surface area (Å²) in [6, 6.07) is 3.92. The number of carbonyl (C=O) groups is 1. The molecular weight excluding hydrogens is 232 g/mol. The lowest BCUT2D eigenvalue weighted by Gasteiger charge is -2.26. The Labute approximate surface area is 99.9 Å². The van der Waals surface area contributed by atoms with Crippen LogP contribution in [0, 0.1) is 6.92 Å². The summed E-state index contributed by atoms with van der Waals surface area (Å²) in [5.41, 5.74) is 0. The zero-order valence-electron chi connectivity index (χ0n) is 8.66. The lowest BCUT2D eigenvalue weighted by atomic mass is 10.3. The van der Waals surface area contributed by atoms with Crippen LogP contribution < -0.4 is 5.32 Å². The van der Waals surface area contributed by atoms with Crippen LogP contribution >= 0.6 is 23.7 Å². The highest BCUT2D eigenvalue weighted by Gasteiger charge is 2.18. The summed E-state index contributed by atoms with van der Waals surface area (Å²) >= 11 is 1.58. The van der Waals surface area contributed by atoms with E-state index in [1.807, 2.05) is 24.0 Å². The summed E-state index contributed by atoms with van der Waals surface area (Å²) in [4.78, 5) is 15.9. The molecule has 0 aromatic carbocycles. The van der Waals surface area contributed by atoms with Crippen molar-refractivity contribution < 1.29 is 4.79 Å². The molecule has 0 atom stereocenters. The Morgan fingerprint density at radius 3 is 2.60 bits per heavy atom. The van der Waals surface area contributed by atoms with Crippen molar-refractivity contribution in [2.75, 3.05) is 26.2 Å². The number of nitrogens with one attached hydrogen (secondary N) is 1. The molecule has 15 heavy (non-hydrogen) atoms. The van der Waals surface area contributed by atoms with E-state index in [1.165, 1.54) is 4.88 Å². The second-order valence-corrected chi connectivity index (χ2v) is 4.74. The van der Waals surface area contributed by atoms with Crippen molar-refractivity contribution in [3.8, 4) is 0 Å². The molecular formula is C10H15ClN2OS. The summed E-state index contributed by atoms with van der Waals surface area (Å²) in [5, 5.41) is 3.24. The molecule has 1 N–H and O–H groups in total. The van der Waals surface area contributed by atoms with Crippen molar-refractivity contribution in [1.82, 2.24) is 10.2 Å². The maximum atomic E-state index is 11.9. The first-order chi connectivity index (χ1) is 6.77. The summed E-state index contributed by atoms with van der Waals surface area (Å²) in [7, 11) is 0. The van der Waals surface area contributed by atoms with Crippen LogP contribution in [0.3, 0.4) is 0 Å². The van der Waals surface area contributed by atoms with Gasteiger partial charge in [-0.05, 0) is 19.1 Å². The predicted octanol–water partition coefficient (Wildman–Crippen LogP) is 1.52. The largest absolute Gasteiger partial charge is 0.335 e. The van der Waals surface area contributed by atoms with E-state index in [-0.39, 0.29) is 18.3 Å². The molecule has 0 unspecified atom stereocenters. The average Bonchev–Trinajstić information content (AvgIpc) is 2.65. The zero-order valence-corrected chi connectivity index (χ0v) is 10.3. The Morgan fingerprint density at radius 2 is 2.07 bits per heavy atom. The lowest BCUT2D eigenvalue weighted by Crippen LogP contribution is -2.46. The van der Waals surface area contributed by atoms with Crippen molar-refractivity contribution >= 4 is 29.7 Å². The van der Waals surface area contributed by atoms with Crippen molar-refractivity contribution in [2.45, 2.75) is 6.92 Å². The molecule has 2 rings (SSSR count). The number of piperazine rings is 1. The molecule has 1 aromatic heterocycles. The van der Waals surface area contributed by atoms with Crippen molar-refractivity contribution in [3.63, 3.8) is 0 Å². The minimum atomic E-state index is 0. The molecule has 84 valence electrons. The Hall–Kier alpha value is -0.580. The van der Waals surface area contributed by atoms with Gasteiger partial charge in [-0.25, -0.2) is 0 Å². The number of hydrogen-bond acceptors (Lipinski definition) is 3. The number of thiophene rings is 1. The van der Waals surface area contributed by atoms with Gasteiger partial charge in [0.25, 0.3) is 5.91 Å². The fraction of sp³-hybridized carbons (Fsp3) is 0.500. The second-order valence-electron chi connectivity index (χ2n) is 3.45. The maximum Gasteiger partial charge on any atom is 0.264 e. The van der Waals surface area contributed by atoms with E-state index in [1.54, 1.807) is 11.3 Å². The third-order valence-electron chi connectivity index (χ3n) is 2.36. The van der Waals surface area contributed by atoms with Gasteiger partial charge in [-0.3, -0.25) is 4.79 Å². The first-order valence-electron chi connectivity index (χ1n) is 4.84. The molecule has 0 spiro atoms. The standard InChI is InChI=1S/C10H14N2OS.ClH/c1-8-2-3-9(14-8)10(13)12-6-4-11-5-7-12;/h2-3,11H,4-7H2,1H3;1H. The van der Waals surface area contributed by atoms with Crippen LogP contribution in [-0.4, -0.2) is 37.0 Å². The first kappa shape index (κ1) is 12.5. The number of hydrogen-bond donors (Lipinski definition) is 1. The van der Waals surface area contributed by atoms with E-state index in [2.05, 4.69) is 5.32 Å². The van der Waals surface area contributed by atoms with Gasteiger partial charge in [0, 0.05) is 31.1 Å². The smallest absolute Gasteiger partial charge is 0.264 e. The van der Waals surface area contributed by atoms with Crippen LogP contribution in [0.1, 0.15) is 14.5 Å². The molecule has 3 nitrogen and oxygen atoms in total. The predicted molar refractivity (Wildman–Crippen MR) is 65.1 cm³/mol. The van der Waals surface area contributed by atoms with E-state index in [4.69, 9.17) is 0 Å². The number of halogens is 1. The van der Waals surface area contributed by atoms with Gasteiger partial charge in [-0.2, -0.15) is 0 Å². The molecule has 1 aromatic rings. The first-order valence-corrected chi connectivity index (χ1v) is 5.65. The molecule has 0 aliphatic carbocycles. The Morgan fingerprint density at radius 1 is 1.40 bits per heavy atom. The number of carbonyl (C=O) groups excluding carboxylic acids is 1. The van der Waals surface area contributed by atoms with Gasteiger partial charge in [0.1, 0.15) is 0 Å². The van der Waals surface area contributed by atoms with Crippen molar-refractivity contribution in [2.24, 2.45) is 0 Å². The van der Waals surface area contributed by atoms with Crippen molar-refractivity contribution in [3.05, 3.63) is 21.9 Å². The van der Waals surface area contributed by atoms with E-state index >= 15 is 0 Å². The SMILES string of the molecule is Cc1ccc(C(=O)N2CCNCC2)s1.Cl. The van der Waals surface area contributed by atoms with Crippen LogP contribution in [-0.2, 0) is 0 Å². The van der Waals surface area contributed by atoms with Crippen LogP contribution in [0.5, 0.6) is 0 Å². The quantitative estimate of drug-likeness (QED) is 0.815. The third-order valence-corrected chi connectivity index (χ3v) is 3.34. The van der Waals surface area contributed by atoms with Crippen LogP contribution in [0.4, 0.5) is 0 Å². The summed E-state index contributed by atoms with van der Waals surface area (Å²) in [6.45, 7) is 5.51. The van der Waals surface area contributed by atoms with Crippen LogP contribution in [0.25, 0.3) is 0 Å². The molecule has 1 amide bonds. The highest BCUT2D eigenvalue weighted by atomic mass is 35.5. The summed E-state index contributed by atoms with van der Waals surface area (Å²) in [5.74, 6) is 0.185. The molecule has 2 heterocycles. The second kappa shape index (κ2) is 5.49. The molecule has 1 aliphatic heterocycles. The highest BCUT2D eigenvalue weighted by Crippen LogP contribution is 2.17. The van der Waals surface area contributed by atoms with Gasteiger partial charge in [-0.1, -0.05) is 0 Å². The molecule has 0 bridgehead atoms. The Kier molecular flexibility index (Phi) is 4.57. The maximum absolute atomic E-state index is 11.9. The molecule has 1 aliphatic rings. The minimum absolute atomic E-state index is 0. The van der Waals surface area contributed by atoms with Gasteiger partial charge in [0.05, 0.1) is 4.88 Å². The molecule has 0 radical (unpaired) electrons. The molecule has 0 saturated carbocycles. The topological polar surface area (TPSA) is 32.3 Å². The number of nitrogens with zero attached hydrogens (tertiary/aromatic N) is 1. The Balaban J connectivity index is 0.00000112. The summed E-state index contributed by atoms with van der Waals surface area (Å²) < 4.78 is 0. The average molecular weight is 247 g/mol. The lowest BCUT2D eigenvalue weighted by molar-refractivity contribution is 0.0740. The van der Waals surface area contributed by atoms with Gasteiger partial charge in [0.15, 0.2) is 0 Å². The van der Waals surface area contributed by atoms with Crippen LogP contribution in [0.15, 0.2) is 12.1 Å². The number of rotatable bonds is 1. The van der Waals surface area contributed by atoms with Gasteiger partial charge in [-0.15, -0.1) is 23.7 Å². The fourth-order valence-corrected chi connectivity index (χ4v) is 2.41. The van der Waals surface area contributed by atoms with Gasteiger partial charge < -0.3 is 10.2 Å². The number of aryl methyl sites for hydroxylation is 1. The van der Waals surface area contributed by atoms with Gasteiger partial charge >= 0.3 is 0 Å². The van der Waals surface area contributed by atoms with E-state index in [0.29, 0.717) is 0 Å². The monoisotopic (exact) mass is 246 g/mol. The van der Waals surface area contributed by atoms with Crippen molar-refractivity contribution in [1.29, 1.82) is 0 Å². The minimum Gasteiger partial charge on any atom is -0.335 e. The number of amides is 1. The van der Waals surface area contributed by atoms with Gasteiger partial charge in [0.2, 0.25) is 0 Å².